The van der Waals surface area contributed by atoms with Gasteiger partial charge in [0, 0.05) is 29.5 Å². The number of aromatic nitrogens is 2. The Hall–Kier alpha value is -0.260. The lowest BCUT2D eigenvalue weighted by Crippen LogP contribution is -2.28. The number of rotatable bonds is 3. The number of aryl methyl sites for hydroxylation is 1. The van der Waals surface area contributed by atoms with Gasteiger partial charge in [0.05, 0.1) is 10.9 Å². The normalized spacial score (nSPS) is 23.1. The molecule has 1 N–H and O–H groups in total. The molecule has 5 heteroatoms. The maximum atomic E-state index is 4.93. The van der Waals surface area contributed by atoms with E-state index in [1.807, 2.05) is 23.5 Å². The lowest BCUT2D eigenvalue weighted by Gasteiger charge is -2.24. The van der Waals surface area contributed by atoms with Crippen LogP contribution >= 0.6 is 23.5 Å². The van der Waals surface area contributed by atoms with Crippen LogP contribution in [0.4, 0.5) is 0 Å². The second-order valence-corrected chi connectivity index (χ2v) is 7.53. The average molecular weight is 295 g/mol. The summed E-state index contributed by atoms with van der Waals surface area (Å²) in [6.07, 6.45) is 3.36. The molecule has 2 aliphatic rings. The summed E-state index contributed by atoms with van der Waals surface area (Å²) in [5.41, 5.74) is 4.01. The standard InChI is InChI=1S/C14H21N3S2/c1-2-3-11-10-4-5-15-8-12(10)17-14(16-11)13-9-18-6-7-19-13/h13,15H,2-9H2,1H3. The molecule has 0 spiro atoms. The molecule has 1 saturated heterocycles. The molecule has 19 heavy (non-hydrogen) atoms. The topological polar surface area (TPSA) is 37.8 Å². The van der Waals surface area contributed by atoms with Crippen molar-refractivity contribution in [2.75, 3.05) is 23.8 Å². The zero-order valence-corrected chi connectivity index (χ0v) is 13.1. The van der Waals surface area contributed by atoms with E-state index in [0.717, 1.165) is 31.8 Å². The second kappa shape index (κ2) is 6.46. The van der Waals surface area contributed by atoms with Gasteiger partial charge in [0.1, 0.15) is 5.82 Å². The van der Waals surface area contributed by atoms with E-state index in [4.69, 9.17) is 9.97 Å². The van der Waals surface area contributed by atoms with Gasteiger partial charge in [-0.15, -0.1) is 11.8 Å². The van der Waals surface area contributed by atoms with Crippen LogP contribution in [0.2, 0.25) is 0 Å². The fourth-order valence-corrected chi connectivity index (χ4v) is 5.28. The van der Waals surface area contributed by atoms with Crippen LogP contribution in [-0.4, -0.2) is 33.8 Å². The molecule has 3 heterocycles. The van der Waals surface area contributed by atoms with Crippen molar-refractivity contribution < 1.29 is 0 Å². The van der Waals surface area contributed by atoms with E-state index in [1.54, 1.807) is 0 Å². The lowest BCUT2D eigenvalue weighted by molar-refractivity contribution is 0.606. The zero-order chi connectivity index (χ0) is 13.1. The summed E-state index contributed by atoms with van der Waals surface area (Å²) < 4.78 is 0. The van der Waals surface area contributed by atoms with Gasteiger partial charge in [-0.25, -0.2) is 9.97 Å². The van der Waals surface area contributed by atoms with Gasteiger partial charge < -0.3 is 5.32 Å². The number of fused-ring (bicyclic) bond motifs is 1. The Bertz CT molecular complexity index is 445. The maximum absolute atomic E-state index is 4.93. The minimum atomic E-state index is 0.501. The highest BCUT2D eigenvalue weighted by molar-refractivity contribution is 8.06. The van der Waals surface area contributed by atoms with E-state index in [9.17, 15) is 0 Å². The highest BCUT2D eigenvalue weighted by atomic mass is 32.2. The summed E-state index contributed by atoms with van der Waals surface area (Å²) in [4.78, 5) is 9.80. The van der Waals surface area contributed by atoms with Crippen molar-refractivity contribution in [1.82, 2.24) is 15.3 Å². The van der Waals surface area contributed by atoms with Gasteiger partial charge in [-0.1, -0.05) is 13.3 Å². The molecule has 0 radical (unpaired) electrons. The van der Waals surface area contributed by atoms with Gasteiger partial charge in [-0.2, -0.15) is 11.8 Å². The van der Waals surface area contributed by atoms with Crippen molar-refractivity contribution in [2.24, 2.45) is 0 Å². The number of thioether (sulfide) groups is 2. The van der Waals surface area contributed by atoms with Crippen molar-refractivity contribution >= 4 is 23.5 Å². The monoisotopic (exact) mass is 295 g/mol. The minimum Gasteiger partial charge on any atom is -0.311 e. The quantitative estimate of drug-likeness (QED) is 0.928. The molecule has 1 unspecified atom stereocenters. The van der Waals surface area contributed by atoms with Crippen LogP contribution in [0, 0.1) is 0 Å². The third-order valence-electron chi connectivity index (χ3n) is 3.63. The van der Waals surface area contributed by atoms with Crippen LogP contribution in [0.15, 0.2) is 0 Å². The maximum Gasteiger partial charge on any atom is 0.142 e. The van der Waals surface area contributed by atoms with Gasteiger partial charge in [0.25, 0.3) is 0 Å². The van der Waals surface area contributed by atoms with E-state index in [2.05, 4.69) is 12.2 Å². The Labute approximate surface area is 123 Å². The van der Waals surface area contributed by atoms with Crippen LogP contribution in [0.1, 0.15) is 41.4 Å². The van der Waals surface area contributed by atoms with E-state index in [0.29, 0.717) is 5.25 Å². The number of nitrogens with one attached hydrogen (secondary N) is 1. The minimum absolute atomic E-state index is 0.501. The fraction of sp³-hybridized carbons (Fsp3) is 0.714. The first-order valence-corrected chi connectivity index (χ1v) is 9.37. The first-order valence-electron chi connectivity index (χ1n) is 7.17. The van der Waals surface area contributed by atoms with Crippen molar-refractivity contribution in [3.63, 3.8) is 0 Å². The predicted molar refractivity (Wildman–Crippen MR) is 84.0 cm³/mol. The van der Waals surface area contributed by atoms with Crippen molar-refractivity contribution in [2.45, 2.75) is 38.0 Å². The van der Waals surface area contributed by atoms with E-state index < -0.39 is 0 Å². The van der Waals surface area contributed by atoms with Gasteiger partial charge in [0.2, 0.25) is 0 Å². The molecule has 3 nitrogen and oxygen atoms in total. The Kier molecular flexibility index (Phi) is 4.66. The second-order valence-electron chi connectivity index (χ2n) is 5.06. The van der Waals surface area contributed by atoms with Gasteiger partial charge in [-0.3, -0.25) is 0 Å². The van der Waals surface area contributed by atoms with E-state index in [-0.39, 0.29) is 0 Å². The summed E-state index contributed by atoms with van der Waals surface area (Å²) in [6.45, 7) is 4.23. The molecule has 1 fully saturated rings. The van der Waals surface area contributed by atoms with Crippen LogP contribution in [0.25, 0.3) is 0 Å². The highest BCUT2D eigenvalue weighted by Gasteiger charge is 2.23. The number of hydrogen-bond donors (Lipinski definition) is 1. The molecule has 1 aromatic rings. The van der Waals surface area contributed by atoms with Crippen LogP contribution in [0.5, 0.6) is 0 Å². The molecule has 2 aliphatic heterocycles. The third-order valence-corrected chi connectivity index (χ3v) is 6.38. The molecular weight excluding hydrogens is 274 g/mol. The van der Waals surface area contributed by atoms with E-state index in [1.165, 1.54) is 40.6 Å². The van der Waals surface area contributed by atoms with Gasteiger partial charge in [-0.05, 0) is 24.9 Å². The third kappa shape index (κ3) is 3.09. The molecule has 0 amide bonds. The molecule has 0 aliphatic carbocycles. The Morgan fingerprint density at radius 1 is 1.32 bits per heavy atom. The molecule has 1 aromatic heterocycles. The molecule has 1 atom stereocenters. The summed E-state index contributed by atoms with van der Waals surface area (Å²) in [5.74, 6) is 4.76. The van der Waals surface area contributed by atoms with Crippen molar-refractivity contribution in [1.29, 1.82) is 0 Å². The first-order chi connectivity index (χ1) is 9.38. The largest absolute Gasteiger partial charge is 0.311 e. The van der Waals surface area contributed by atoms with Gasteiger partial charge in [0.15, 0.2) is 0 Å². The number of nitrogens with zero attached hydrogens (tertiary/aromatic N) is 2. The molecule has 0 saturated carbocycles. The molecular formula is C14H21N3S2. The Morgan fingerprint density at radius 3 is 3.05 bits per heavy atom. The zero-order valence-electron chi connectivity index (χ0n) is 11.4. The average Bonchev–Trinajstić information content (AvgIpc) is 2.48. The molecule has 0 bridgehead atoms. The smallest absolute Gasteiger partial charge is 0.142 e. The molecule has 3 rings (SSSR count). The summed E-state index contributed by atoms with van der Waals surface area (Å²) in [7, 11) is 0. The fourth-order valence-electron chi connectivity index (χ4n) is 2.68. The first kappa shape index (κ1) is 13.7. The van der Waals surface area contributed by atoms with E-state index >= 15 is 0 Å². The van der Waals surface area contributed by atoms with Crippen LogP contribution < -0.4 is 5.32 Å². The van der Waals surface area contributed by atoms with Crippen molar-refractivity contribution in [3.05, 3.63) is 22.8 Å². The lowest BCUT2D eigenvalue weighted by atomic mass is 10.0. The Balaban J connectivity index is 1.93. The SMILES string of the molecule is CCCc1nc(C2CSCCS2)nc2c1CCNC2. The van der Waals surface area contributed by atoms with Gasteiger partial charge >= 0.3 is 0 Å². The molecule has 104 valence electrons. The highest BCUT2D eigenvalue weighted by Crippen LogP contribution is 2.35. The summed E-state index contributed by atoms with van der Waals surface area (Å²) in [5, 5.41) is 3.94. The van der Waals surface area contributed by atoms with Crippen LogP contribution in [0.3, 0.4) is 0 Å². The Morgan fingerprint density at radius 2 is 2.26 bits per heavy atom. The van der Waals surface area contributed by atoms with Crippen molar-refractivity contribution in [3.8, 4) is 0 Å². The summed E-state index contributed by atoms with van der Waals surface area (Å²) >= 11 is 4.07. The van der Waals surface area contributed by atoms with Crippen LogP contribution in [-0.2, 0) is 19.4 Å². The predicted octanol–water partition coefficient (Wildman–Crippen LogP) is 2.60. The number of hydrogen-bond acceptors (Lipinski definition) is 5. The molecule has 0 aromatic carbocycles. The summed E-state index contributed by atoms with van der Waals surface area (Å²) in [6, 6.07) is 0.